The highest BCUT2D eigenvalue weighted by Crippen LogP contribution is 2.29. The summed E-state index contributed by atoms with van der Waals surface area (Å²) < 4.78 is 65.7. The van der Waals surface area contributed by atoms with Gasteiger partial charge in [-0.05, 0) is 17.7 Å². The van der Waals surface area contributed by atoms with Gasteiger partial charge in [0.1, 0.15) is 11.4 Å². The molecule has 1 heterocycles. The zero-order valence-electron chi connectivity index (χ0n) is 13.0. The van der Waals surface area contributed by atoms with Crippen LogP contribution < -0.4 is 10.3 Å². The van der Waals surface area contributed by atoms with Crippen molar-refractivity contribution in [1.82, 2.24) is 4.57 Å². The van der Waals surface area contributed by atoms with E-state index in [2.05, 4.69) is 6.58 Å². The van der Waals surface area contributed by atoms with Crippen LogP contribution >= 0.6 is 0 Å². The molecule has 5 nitrogen and oxygen atoms in total. The molecular formula is C16H15F3N2O3S. The summed E-state index contributed by atoms with van der Waals surface area (Å²) in [4.78, 5) is 12.2. The fourth-order valence-electron chi connectivity index (χ4n) is 2.21. The SMILES string of the molecule is C=CCn1c(C(F)(F)F)ccc(NS(=O)(=O)Cc2ccccc2)c1=O. The third kappa shape index (κ3) is 4.72. The lowest BCUT2D eigenvalue weighted by Gasteiger charge is -2.16. The van der Waals surface area contributed by atoms with Gasteiger partial charge < -0.3 is 0 Å². The molecule has 0 bridgehead atoms. The van der Waals surface area contributed by atoms with Crippen LogP contribution in [0, 0.1) is 0 Å². The number of pyridine rings is 1. The highest BCUT2D eigenvalue weighted by Gasteiger charge is 2.34. The van der Waals surface area contributed by atoms with E-state index in [0.29, 0.717) is 16.2 Å². The molecule has 2 aromatic rings. The van der Waals surface area contributed by atoms with E-state index in [1.54, 1.807) is 30.3 Å². The van der Waals surface area contributed by atoms with Gasteiger partial charge in [0.25, 0.3) is 5.56 Å². The predicted octanol–water partition coefficient (Wildman–Crippen LogP) is 3.00. The van der Waals surface area contributed by atoms with Crippen LogP contribution in [-0.2, 0) is 28.5 Å². The summed E-state index contributed by atoms with van der Waals surface area (Å²) >= 11 is 0. The summed E-state index contributed by atoms with van der Waals surface area (Å²) in [6, 6.07) is 9.66. The van der Waals surface area contributed by atoms with Gasteiger partial charge in [-0.25, -0.2) is 8.42 Å². The minimum Gasteiger partial charge on any atom is -0.299 e. The van der Waals surface area contributed by atoms with E-state index in [9.17, 15) is 26.4 Å². The Kier molecular flexibility index (Phi) is 5.36. The molecule has 0 unspecified atom stereocenters. The number of benzene rings is 1. The third-order valence-electron chi connectivity index (χ3n) is 3.24. The van der Waals surface area contributed by atoms with E-state index in [1.165, 1.54) is 0 Å². The van der Waals surface area contributed by atoms with Gasteiger partial charge in [-0.2, -0.15) is 13.2 Å². The molecule has 2 rings (SSSR count). The summed E-state index contributed by atoms with van der Waals surface area (Å²) in [7, 11) is -3.96. The normalized spacial score (nSPS) is 12.0. The minimum atomic E-state index is -4.75. The average molecular weight is 372 g/mol. The van der Waals surface area contributed by atoms with Crippen molar-refractivity contribution in [3.8, 4) is 0 Å². The van der Waals surface area contributed by atoms with Crippen molar-refractivity contribution in [3.05, 3.63) is 76.7 Å². The van der Waals surface area contributed by atoms with E-state index in [0.717, 1.165) is 12.1 Å². The molecule has 0 radical (unpaired) electrons. The smallest absolute Gasteiger partial charge is 0.299 e. The number of hydrogen-bond donors (Lipinski definition) is 1. The molecule has 25 heavy (non-hydrogen) atoms. The maximum atomic E-state index is 13.0. The van der Waals surface area contributed by atoms with Crippen LogP contribution in [0.5, 0.6) is 0 Å². The number of hydrogen-bond acceptors (Lipinski definition) is 3. The number of anilines is 1. The topological polar surface area (TPSA) is 68.2 Å². The second kappa shape index (κ2) is 7.14. The van der Waals surface area contributed by atoms with Gasteiger partial charge in [-0.1, -0.05) is 36.4 Å². The predicted molar refractivity (Wildman–Crippen MR) is 88.6 cm³/mol. The number of nitrogens with one attached hydrogen (secondary N) is 1. The van der Waals surface area contributed by atoms with Crippen LogP contribution in [0.25, 0.3) is 0 Å². The molecule has 0 amide bonds. The number of allylic oxidation sites excluding steroid dienone is 1. The zero-order valence-corrected chi connectivity index (χ0v) is 13.8. The van der Waals surface area contributed by atoms with Crippen LogP contribution in [-0.4, -0.2) is 13.0 Å². The maximum absolute atomic E-state index is 13.0. The molecule has 0 saturated carbocycles. The molecule has 0 atom stereocenters. The lowest BCUT2D eigenvalue weighted by Crippen LogP contribution is -2.31. The number of rotatable bonds is 6. The molecule has 1 N–H and O–H groups in total. The first-order valence-corrected chi connectivity index (χ1v) is 8.75. The quantitative estimate of drug-likeness (QED) is 0.793. The molecule has 1 aromatic carbocycles. The van der Waals surface area contributed by atoms with Crippen molar-refractivity contribution < 1.29 is 21.6 Å². The van der Waals surface area contributed by atoms with E-state index in [4.69, 9.17) is 0 Å². The molecule has 134 valence electrons. The van der Waals surface area contributed by atoms with Gasteiger partial charge in [0.2, 0.25) is 10.0 Å². The Morgan fingerprint density at radius 2 is 1.76 bits per heavy atom. The van der Waals surface area contributed by atoms with Gasteiger partial charge in [-0.3, -0.25) is 14.1 Å². The molecule has 0 saturated heterocycles. The highest BCUT2D eigenvalue weighted by atomic mass is 32.2. The molecular weight excluding hydrogens is 357 g/mol. The number of alkyl halides is 3. The third-order valence-corrected chi connectivity index (χ3v) is 4.49. The van der Waals surface area contributed by atoms with Gasteiger partial charge in [0.15, 0.2) is 0 Å². The van der Waals surface area contributed by atoms with Crippen molar-refractivity contribution in [1.29, 1.82) is 0 Å². The summed E-state index contributed by atoms with van der Waals surface area (Å²) in [6.45, 7) is 2.91. The minimum absolute atomic E-state index is 0.401. The fraction of sp³-hybridized carbons (Fsp3) is 0.188. The Bertz CT molecular complexity index is 920. The van der Waals surface area contributed by atoms with Crippen LogP contribution in [0.3, 0.4) is 0 Å². The second-order valence-electron chi connectivity index (χ2n) is 5.18. The first-order chi connectivity index (χ1) is 11.6. The maximum Gasteiger partial charge on any atom is 0.431 e. The second-order valence-corrected chi connectivity index (χ2v) is 6.90. The first-order valence-electron chi connectivity index (χ1n) is 7.10. The Labute approximate surface area is 142 Å². The van der Waals surface area contributed by atoms with Crippen LogP contribution in [0.15, 0.2) is 59.9 Å². The van der Waals surface area contributed by atoms with Gasteiger partial charge in [0, 0.05) is 6.54 Å². The number of halogens is 3. The van der Waals surface area contributed by atoms with Crippen LogP contribution in [0.4, 0.5) is 18.9 Å². The monoisotopic (exact) mass is 372 g/mol. The molecule has 9 heteroatoms. The van der Waals surface area contributed by atoms with Crippen LogP contribution in [0.1, 0.15) is 11.3 Å². The van der Waals surface area contributed by atoms with Gasteiger partial charge in [0.05, 0.1) is 5.75 Å². The van der Waals surface area contributed by atoms with E-state index in [1.807, 2.05) is 4.72 Å². The van der Waals surface area contributed by atoms with E-state index < -0.39 is 45.4 Å². The summed E-state index contributed by atoms with van der Waals surface area (Å²) in [5, 5.41) is 0. The largest absolute Gasteiger partial charge is 0.431 e. The van der Waals surface area contributed by atoms with Crippen molar-refractivity contribution in [2.45, 2.75) is 18.5 Å². The summed E-state index contributed by atoms with van der Waals surface area (Å²) in [5.41, 5.74) is -2.24. The van der Waals surface area contributed by atoms with Crippen molar-refractivity contribution in [2.24, 2.45) is 0 Å². The number of nitrogens with zero attached hydrogens (tertiary/aromatic N) is 1. The zero-order chi connectivity index (χ0) is 18.7. The number of sulfonamides is 1. The molecule has 0 aliphatic rings. The standard InChI is InChI=1S/C16H15F3N2O3S/c1-2-10-21-14(16(17,18)19)9-8-13(15(21)22)20-25(23,24)11-12-6-4-3-5-7-12/h2-9,20H,1,10-11H2. The first kappa shape index (κ1) is 18.8. The lowest BCUT2D eigenvalue weighted by molar-refractivity contribution is -0.144. The van der Waals surface area contributed by atoms with E-state index in [-0.39, 0.29) is 0 Å². The van der Waals surface area contributed by atoms with Gasteiger partial charge in [-0.15, -0.1) is 6.58 Å². The molecule has 0 aliphatic heterocycles. The molecule has 0 aliphatic carbocycles. The Morgan fingerprint density at radius 1 is 1.12 bits per heavy atom. The molecule has 0 fully saturated rings. The highest BCUT2D eigenvalue weighted by molar-refractivity contribution is 7.91. The van der Waals surface area contributed by atoms with Gasteiger partial charge >= 0.3 is 6.18 Å². The average Bonchev–Trinajstić information content (AvgIpc) is 2.50. The molecule has 0 spiro atoms. The lowest BCUT2D eigenvalue weighted by atomic mass is 10.2. The summed E-state index contributed by atoms with van der Waals surface area (Å²) in [5.74, 6) is -0.407. The van der Waals surface area contributed by atoms with Crippen molar-refractivity contribution in [2.75, 3.05) is 4.72 Å². The van der Waals surface area contributed by atoms with Crippen LogP contribution in [0.2, 0.25) is 0 Å². The number of aromatic nitrogens is 1. The Hall–Kier alpha value is -2.55. The molecule has 1 aromatic heterocycles. The fourth-order valence-corrected chi connectivity index (χ4v) is 3.41. The van der Waals surface area contributed by atoms with Crippen molar-refractivity contribution >= 4 is 15.7 Å². The Balaban J connectivity index is 2.38. The van der Waals surface area contributed by atoms with Crippen molar-refractivity contribution in [3.63, 3.8) is 0 Å². The Morgan fingerprint density at radius 3 is 2.32 bits per heavy atom. The summed E-state index contributed by atoms with van der Waals surface area (Å²) in [6.07, 6.45) is -3.62. The van der Waals surface area contributed by atoms with E-state index >= 15 is 0 Å².